The SMILES string of the molecule is CCCCCCCCCCCCOc1ccc(COc2ccc(COc3cc(OCc4ccc(OCc5ccc(OCCCCCCCCCCCC)cc5)c(OCc5ccc(OCCCCCCCCCCCC)cc5)c4)cc(C(=O)OCCOCCOC(=O)c4cc5c(c([N+](=O)[O-])c4)-c4c(cc([N+](=O)[O-])cc4[N+](=O)[O-])C5=O)c3)cc2OCc2ccc(OCCCCCCCCCCCC)cc2)cc1. The van der Waals surface area contributed by atoms with Crippen LogP contribution in [0.4, 0.5) is 17.1 Å². The lowest BCUT2D eigenvalue weighted by molar-refractivity contribution is -0.394. The Labute approximate surface area is 828 Å². The number of nitrogens with zero attached hydrogens (tertiary/aromatic N) is 3. The summed E-state index contributed by atoms with van der Waals surface area (Å²) in [6, 6.07) is 51.1. The summed E-state index contributed by atoms with van der Waals surface area (Å²) in [7, 11) is 0. The molecule has 25 heteroatoms. The van der Waals surface area contributed by atoms with Crippen molar-refractivity contribution in [2.45, 2.75) is 324 Å². The molecule has 0 heterocycles. The van der Waals surface area contributed by atoms with E-state index in [4.69, 9.17) is 61.6 Å². The van der Waals surface area contributed by atoms with Crippen LogP contribution in [-0.2, 0) is 53.9 Å². The highest BCUT2D eigenvalue weighted by Gasteiger charge is 2.42. The van der Waals surface area contributed by atoms with E-state index in [0.29, 0.717) is 66.6 Å². The molecule has 0 amide bonds. The van der Waals surface area contributed by atoms with Crippen LogP contribution < -0.4 is 47.4 Å². The van der Waals surface area contributed by atoms with Crippen LogP contribution in [0.3, 0.4) is 0 Å². The van der Waals surface area contributed by atoms with Crippen LogP contribution in [0.2, 0.25) is 0 Å². The molecule has 140 heavy (non-hydrogen) atoms. The highest BCUT2D eigenvalue weighted by molar-refractivity contribution is 6.25. The molecule has 0 N–H and O–H groups in total. The number of rotatable bonds is 77. The van der Waals surface area contributed by atoms with Gasteiger partial charge in [-0.15, -0.1) is 0 Å². The number of benzene rings is 9. The van der Waals surface area contributed by atoms with E-state index in [1.807, 2.05) is 133 Å². The molecule has 0 radical (unpaired) electrons. The summed E-state index contributed by atoms with van der Waals surface area (Å²) in [5, 5.41) is 36.3. The Morgan fingerprint density at radius 1 is 0.243 bits per heavy atom. The Morgan fingerprint density at radius 2 is 0.514 bits per heavy atom. The molecule has 0 unspecified atom stereocenters. The van der Waals surface area contributed by atoms with Gasteiger partial charge in [-0.3, -0.25) is 35.1 Å². The zero-order valence-corrected chi connectivity index (χ0v) is 83.3. The van der Waals surface area contributed by atoms with Crippen LogP contribution in [-0.4, -0.2) is 85.3 Å². The van der Waals surface area contributed by atoms with E-state index < -0.39 is 84.0 Å². The lowest BCUT2D eigenvalue weighted by Crippen LogP contribution is -2.15. The highest BCUT2D eigenvalue weighted by Crippen LogP contribution is 2.49. The van der Waals surface area contributed by atoms with Gasteiger partial charge in [0.15, 0.2) is 28.8 Å². The number of carbonyl (C=O) groups is 3. The smallest absolute Gasteiger partial charge is 0.338 e. The Morgan fingerprint density at radius 3 is 0.821 bits per heavy atom. The molecular weight excluding hydrogens is 1780 g/mol. The van der Waals surface area contributed by atoms with Gasteiger partial charge in [0.2, 0.25) is 0 Å². The molecular formula is C115H149N3O22. The van der Waals surface area contributed by atoms with E-state index in [1.54, 1.807) is 18.2 Å². The summed E-state index contributed by atoms with van der Waals surface area (Å²) in [5.41, 5.74) is 0.388. The summed E-state index contributed by atoms with van der Waals surface area (Å²) >= 11 is 0. The van der Waals surface area contributed by atoms with Crippen molar-refractivity contribution >= 4 is 34.8 Å². The standard InChI is InChI=1S/C115H149N3O22/c1-5-9-13-17-21-25-29-33-37-41-65-129-97-55-45-88(46-56-97)82-137-107-63-53-92(73-109(107)139-84-90-49-59-99(60-50-90)131-67-43-39-35-31-27-23-19-15-11-7-3)86-135-101-75-94(114(120)133-71-69-128-70-72-134-115(121)95-77-103-111(105(78-95)117(124)125)112-104(113(103)119)79-96(116(122)123)80-106(112)118(126)127)76-102(81-101)136-87-93-54-64-108(138-83-89-47-57-98(58-48-89)130-66-42-38-34-30-26-22-18-14-10-6-2)110(74-93)140-85-91-51-61-100(62-52-91)132-68-44-40-36-32-28-24-20-16-12-8-4/h45-64,73-81H,5-44,65-72,82-87H2,1-4H3. The minimum absolute atomic E-state index is 0.000635. The maximum Gasteiger partial charge on any atom is 0.338 e. The third-order valence-corrected chi connectivity index (χ3v) is 25.0. The molecule has 1 aliphatic carbocycles. The first-order valence-corrected chi connectivity index (χ1v) is 51.9. The average Bonchev–Trinajstić information content (AvgIpc) is 1.57. The first-order chi connectivity index (χ1) is 68.6. The van der Waals surface area contributed by atoms with Crippen LogP contribution in [0, 0.1) is 30.3 Å². The number of hydrogen-bond donors (Lipinski definition) is 0. The van der Waals surface area contributed by atoms with Gasteiger partial charge in [-0.25, -0.2) is 9.59 Å². The van der Waals surface area contributed by atoms with Gasteiger partial charge < -0.3 is 61.6 Å². The van der Waals surface area contributed by atoms with Crippen molar-refractivity contribution < 1.29 is 90.7 Å². The number of esters is 2. The van der Waals surface area contributed by atoms with E-state index in [1.165, 1.54) is 205 Å². The first-order valence-electron chi connectivity index (χ1n) is 51.9. The van der Waals surface area contributed by atoms with E-state index in [0.717, 1.165) is 115 Å². The second-order valence-corrected chi connectivity index (χ2v) is 36.5. The van der Waals surface area contributed by atoms with Crippen molar-refractivity contribution in [1.29, 1.82) is 0 Å². The van der Waals surface area contributed by atoms with Crippen LogP contribution in [0.15, 0.2) is 176 Å². The number of ether oxygens (including phenoxy) is 13. The Balaban J connectivity index is 0.830. The number of nitro benzene ring substituents is 3. The van der Waals surface area contributed by atoms with Crippen molar-refractivity contribution in [3.63, 3.8) is 0 Å². The number of unbranched alkanes of at least 4 members (excludes halogenated alkanes) is 36. The summed E-state index contributed by atoms with van der Waals surface area (Å²) in [5.74, 6) is 2.82. The van der Waals surface area contributed by atoms with Crippen LogP contribution in [0.1, 0.15) is 355 Å². The van der Waals surface area contributed by atoms with Gasteiger partial charge in [0.1, 0.15) is 87.4 Å². The third-order valence-electron chi connectivity index (χ3n) is 25.0. The molecule has 10 rings (SSSR count). The fourth-order valence-electron chi connectivity index (χ4n) is 16.9. The lowest BCUT2D eigenvalue weighted by atomic mass is 9.99. The predicted molar refractivity (Wildman–Crippen MR) is 547 cm³/mol. The molecule has 0 spiro atoms. The second-order valence-electron chi connectivity index (χ2n) is 36.5. The van der Waals surface area contributed by atoms with E-state index >= 15 is 0 Å². The van der Waals surface area contributed by atoms with Crippen molar-refractivity contribution in [2.75, 3.05) is 52.9 Å². The van der Waals surface area contributed by atoms with Gasteiger partial charge in [0.05, 0.1) is 82.7 Å². The second kappa shape index (κ2) is 64.2. The van der Waals surface area contributed by atoms with Crippen molar-refractivity contribution in [2.24, 2.45) is 0 Å². The molecule has 0 bridgehead atoms. The molecule has 1 aliphatic rings. The average molecular weight is 1930 g/mol. The lowest BCUT2D eigenvalue weighted by Gasteiger charge is -2.17. The maximum atomic E-state index is 14.3. The van der Waals surface area contributed by atoms with Gasteiger partial charge in [-0.2, -0.15) is 0 Å². The first kappa shape index (κ1) is 110. The Kier molecular flexibility index (Phi) is 50.3. The molecule has 0 aromatic heterocycles. The number of nitro groups is 3. The normalized spacial score (nSPS) is 11.4. The summed E-state index contributed by atoms with van der Waals surface area (Å²) in [6.45, 7) is 11.5. The quantitative estimate of drug-likeness (QED) is 0.0148. The molecule has 0 fully saturated rings. The van der Waals surface area contributed by atoms with Gasteiger partial charge in [-0.1, -0.05) is 320 Å². The summed E-state index contributed by atoms with van der Waals surface area (Å²) in [4.78, 5) is 74.9. The predicted octanol–water partition coefficient (Wildman–Crippen LogP) is 30.3. The third kappa shape index (κ3) is 39.8. The van der Waals surface area contributed by atoms with Gasteiger partial charge >= 0.3 is 11.9 Å². The molecule has 0 saturated carbocycles. The van der Waals surface area contributed by atoms with Gasteiger partial charge in [-0.05, 0) is 150 Å². The van der Waals surface area contributed by atoms with E-state index in [2.05, 4.69) is 27.7 Å². The summed E-state index contributed by atoms with van der Waals surface area (Å²) in [6.07, 6.45) is 50.0. The minimum atomic E-state index is -1.11. The highest BCUT2D eigenvalue weighted by atomic mass is 16.6. The number of hydrogen-bond acceptors (Lipinski definition) is 22. The Bertz CT molecular complexity index is 4960. The van der Waals surface area contributed by atoms with E-state index in [-0.39, 0.29) is 76.5 Å². The molecule has 756 valence electrons. The maximum absolute atomic E-state index is 14.3. The van der Waals surface area contributed by atoms with Crippen LogP contribution in [0.25, 0.3) is 11.1 Å². The molecule has 9 aromatic carbocycles. The molecule has 0 aliphatic heterocycles. The topological polar surface area (TPSA) is 301 Å². The van der Waals surface area contributed by atoms with Gasteiger partial charge in [0.25, 0.3) is 17.1 Å². The monoisotopic (exact) mass is 1920 g/mol. The molecule has 25 nitrogen and oxygen atoms in total. The Hall–Kier alpha value is -12.3. The number of ketones is 1. The van der Waals surface area contributed by atoms with Crippen LogP contribution >= 0.6 is 0 Å². The van der Waals surface area contributed by atoms with E-state index in [9.17, 15) is 44.7 Å². The number of fused-ring (bicyclic) bond motifs is 3. The van der Waals surface area contributed by atoms with Crippen molar-refractivity contribution in [3.8, 4) is 68.6 Å². The minimum Gasteiger partial charge on any atom is -0.494 e. The summed E-state index contributed by atoms with van der Waals surface area (Å²) < 4.78 is 81.2. The molecule has 0 atom stereocenters. The van der Waals surface area contributed by atoms with Crippen LogP contribution in [0.5, 0.6) is 57.5 Å². The fraction of sp³-hybridized carbons (Fsp3) is 0.504. The number of carbonyl (C=O) groups excluding carboxylic acids is 3. The molecule has 0 saturated heterocycles. The fourth-order valence-corrected chi connectivity index (χ4v) is 16.9. The largest absolute Gasteiger partial charge is 0.494 e. The zero-order valence-electron chi connectivity index (χ0n) is 83.3. The molecule has 9 aromatic rings. The number of non-ortho nitro benzene ring substituents is 1. The van der Waals surface area contributed by atoms with Crippen molar-refractivity contribution in [3.05, 3.63) is 262 Å². The van der Waals surface area contributed by atoms with Gasteiger partial charge in [0, 0.05) is 29.3 Å². The van der Waals surface area contributed by atoms with Crippen molar-refractivity contribution in [1.82, 2.24) is 0 Å². The zero-order chi connectivity index (χ0) is 98.8.